The molecule has 1 atom stereocenters. The number of para-hydroxylation sites is 1. The number of hydrogen-bond donors (Lipinski definition) is 1. The van der Waals surface area contributed by atoms with Gasteiger partial charge in [-0.05, 0) is 12.1 Å². The SMILES string of the molecule is O=C1NC(CN2CCSCC2)C(=O)N1c1ccccc1. The van der Waals surface area contributed by atoms with E-state index < -0.39 is 6.04 Å². The monoisotopic (exact) mass is 291 g/mol. The van der Waals surface area contributed by atoms with Crippen molar-refractivity contribution in [2.45, 2.75) is 6.04 Å². The zero-order chi connectivity index (χ0) is 13.9. The number of benzene rings is 1. The van der Waals surface area contributed by atoms with Crippen LogP contribution in [0.15, 0.2) is 30.3 Å². The number of thioether (sulfide) groups is 1. The van der Waals surface area contributed by atoms with Crippen LogP contribution in [-0.4, -0.2) is 54.0 Å². The van der Waals surface area contributed by atoms with Crippen LogP contribution in [0.5, 0.6) is 0 Å². The second kappa shape index (κ2) is 5.85. The average molecular weight is 291 g/mol. The van der Waals surface area contributed by atoms with E-state index in [1.807, 2.05) is 30.0 Å². The van der Waals surface area contributed by atoms with Gasteiger partial charge in [0.15, 0.2) is 0 Å². The molecule has 2 saturated heterocycles. The highest BCUT2D eigenvalue weighted by atomic mass is 32.2. The van der Waals surface area contributed by atoms with E-state index in [4.69, 9.17) is 0 Å². The Hall–Kier alpha value is -1.53. The Morgan fingerprint density at radius 1 is 1.15 bits per heavy atom. The van der Waals surface area contributed by atoms with E-state index >= 15 is 0 Å². The van der Waals surface area contributed by atoms with Gasteiger partial charge in [0.1, 0.15) is 6.04 Å². The van der Waals surface area contributed by atoms with E-state index in [2.05, 4.69) is 10.2 Å². The third-order valence-corrected chi connectivity index (χ3v) is 4.52. The molecule has 1 aromatic rings. The van der Waals surface area contributed by atoms with Crippen LogP contribution in [0.2, 0.25) is 0 Å². The van der Waals surface area contributed by atoms with Crippen LogP contribution >= 0.6 is 11.8 Å². The van der Waals surface area contributed by atoms with Gasteiger partial charge in [0.05, 0.1) is 5.69 Å². The summed E-state index contributed by atoms with van der Waals surface area (Å²) in [5.74, 6) is 2.04. The van der Waals surface area contributed by atoms with Crippen LogP contribution in [0, 0.1) is 0 Å². The molecule has 106 valence electrons. The maximum absolute atomic E-state index is 12.4. The molecule has 5 nitrogen and oxygen atoms in total. The van der Waals surface area contributed by atoms with Crippen molar-refractivity contribution in [1.29, 1.82) is 0 Å². The molecule has 3 rings (SSSR count). The molecule has 2 aliphatic rings. The van der Waals surface area contributed by atoms with Gasteiger partial charge in [0, 0.05) is 31.1 Å². The van der Waals surface area contributed by atoms with Crippen molar-refractivity contribution in [3.63, 3.8) is 0 Å². The van der Waals surface area contributed by atoms with Crippen LogP contribution in [0.1, 0.15) is 0 Å². The highest BCUT2D eigenvalue weighted by Gasteiger charge is 2.39. The topological polar surface area (TPSA) is 52.7 Å². The Balaban J connectivity index is 1.70. The summed E-state index contributed by atoms with van der Waals surface area (Å²) in [4.78, 5) is 27.9. The smallest absolute Gasteiger partial charge is 0.324 e. The minimum atomic E-state index is -0.425. The largest absolute Gasteiger partial charge is 0.329 e. The lowest BCUT2D eigenvalue weighted by atomic mass is 10.2. The third-order valence-electron chi connectivity index (χ3n) is 3.58. The molecule has 2 aliphatic heterocycles. The molecule has 6 heteroatoms. The lowest BCUT2D eigenvalue weighted by molar-refractivity contribution is -0.118. The van der Waals surface area contributed by atoms with Crippen molar-refractivity contribution in [2.75, 3.05) is 36.0 Å². The highest BCUT2D eigenvalue weighted by molar-refractivity contribution is 7.99. The molecule has 2 heterocycles. The fraction of sp³-hybridized carbons (Fsp3) is 0.429. The first-order chi connectivity index (χ1) is 9.75. The normalized spacial score (nSPS) is 24.0. The maximum Gasteiger partial charge on any atom is 0.329 e. The van der Waals surface area contributed by atoms with E-state index in [9.17, 15) is 9.59 Å². The molecule has 1 N–H and O–H groups in total. The van der Waals surface area contributed by atoms with Gasteiger partial charge in [-0.1, -0.05) is 18.2 Å². The average Bonchev–Trinajstić information content (AvgIpc) is 2.75. The van der Waals surface area contributed by atoms with Crippen LogP contribution < -0.4 is 10.2 Å². The third kappa shape index (κ3) is 2.66. The number of carbonyl (C=O) groups is 2. The number of hydrogen-bond acceptors (Lipinski definition) is 4. The standard InChI is InChI=1S/C14H17N3O2S/c18-13-12(10-16-6-8-20-9-7-16)15-14(19)17(13)11-4-2-1-3-5-11/h1-5,12H,6-10H2,(H,15,19). The Kier molecular flexibility index (Phi) is 3.93. The molecule has 0 spiro atoms. The number of carbonyl (C=O) groups excluding carboxylic acids is 2. The molecule has 0 aliphatic carbocycles. The molecular formula is C14H17N3O2S. The Labute approximate surface area is 122 Å². The number of nitrogens with zero attached hydrogens (tertiary/aromatic N) is 2. The van der Waals surface area contributed by atoms with Gasteiger partial charge < -0.3 is 5.32 Å². The fourth-order valence-corrected chi connectivity index (χ4v) is 3.50. The number of rotatable bonds is 3. The van der Waals surface area contributed by atoms with Gasteiger partial charge in [0.2, 0.25) is 0 Å². The van der Waals surface area contributed by atoms with Crippen molar-refractivity contribution in [3.8, 4) is 0 Å². The van der Waals surface area contributed by atoms with Gasteiger partial charge in [0.25, 0.3) is 5.91 Å². The zero-order valence-corrected chi connectivity index (χ0v) is 11.9. The fourth-order valence-electron chi connectivity index (χ4n) is 2.52. The van der Waals surface area contributed by atoms with Crippen LogP contribution in [0.4, 0.5) is 10.5 Å². The number of nitrogens with one attached hydrogen (secondary N) is 1. The van der Waals surface area contributed by atoms with Crippen molar-refractivity contribution < 1.29 is 9.59 Å². The first-order valence-corrected chi connectivity index (χ1v) is 7.91. The second-order valence-corrected chi connectivity index (χ2v) is 6.15. The molecule has 1 aromatic carbocycles. The van der Waals surface area contributed by atoms with Gasteiger partial charge in [-0.25, -0.2) is 9.69 Å². The van der Waals surface area contributed by atoms with Gasteiger partial charge >= 0.3 is 6.03 Å². The maximum atomic E-state index is 12.4. The van der Waals surface area contributed by atoms with Crippen molar-refractivity contribution in [3.05, 3.63) is 30.3 Å². The number of amides is 3. The number of anilines is 1. The Morgan fingerprint density at radius 2 is 1.85 bits per heavy atom. The lowest BCUT2D eigenvalue weighted by Crippen LogP contribution is -2.45. The van der Waals surface area contributed by atoms with Gasteiger partial charge in [-0.15, -0.1) is 0 Å². The van der Waals surface area contributed by atoms with Crippen LogP contribution in [0.3, 0.4) is 0 Å². The molecule has 20 heavy (non-hydrogen) atoms. The van der Waals surface area contributed by atoms with E-state index in [-0.39, 0.29) is 11.9 Å². The lowest BCUT2D eigenvalue weighted by Gasteiger charge is -2.27. The summed E-state index contributed by atoms with van der Waals surface area (Å²) >= 11 is 1.93. The predicted octanol–water partition coefficient (Wildman–Crippen LogP) is 1.16. The molecule has 0 radical (unpaired) electrons. The van der Waals surface area contributed by atoms with Crippen molar-refractivity contribution in [2.24, 2.45) is 0 Å². The predicted molar refractivity (Wildman–Crippen MR) is 80.0 cm³/mol. The molecule has 3 amide bonds. The minimum absolute atomic E-state index is 0.153. The van der Waals surface area contributed by atoms with Gasteiger partial charge in [-0.2, -0.15) is 11.8 Å². The number of imide groups is 1. The van der Waals surface area contributed by atoms with Crippen LogP contribution in [-0.2, 0) is 4.79 Å². The summed E-state index contributed by atoms with van der Waals surface area (Å²) in [6.07, 6.45) is 0. The molecule has 2 fully saturated rings. The molecule has 1 unspecified atom stereocenters. The summed E-state index contributed by atoms with van der Waals surface area (Å²) < 4.78 is 0. The molecule has 0 bridgehead atoms. The summed E-state index contributed by atoms with van der Waals surface area (Å²) in [5, 5.41) is 2.79. The first-order valence-electron chi connectivity index (χ1n) is 6.75. The quantitative estimate of drug-likeness (QED) is 0.849. The molecule has 0 aromatic heterocycles. The number of urea groups is 1. The molecule has 0 saturated carbocycles. The van der Waals surface area contributed by atoms with E-state index in [1.165, 1.54) is 4.90 Å². The Morgan fingerprint density at radius 3 is 2.55 bits per heavy atom. The summed E-state index contributed by atoms with van der Waals surface area (Å²) in [5.41, 5.74) is 0.631. The van der Waals surface area contributed by atoms with E-state index in [0.29, 0.717) is 12.2 Å². The van der Waals surface area contributed by atoms with Crippen molar-refractivity contribution >= 4 is 29.4 Å². The van der Waals surface area contributed by atoms with E-state index in [1.54, 1.807) is 12.1 Å². The summed E-state index contributed by atoms with van der Waals surface area (Å²) in [7, 11) is 0. The van der Waals surface area contributed by atoms with Crippen molar-refractivity contribution in [1.82, 2.24) is 10.2 Å². The molecular weight excluding hydrogens is 274 g/mol. The second-order valence-electron chi connectivity index (χ2n) is 4.92. The van der Waals surface area contributed by atoms with Crippen LogP contribution in [0.25, 0.3) is 0 Å². The minimum Gasteiger partial charge on any atom is -0.324 e. The summed E-state index contributed by atoms with van der Waals surface area (Å²) in [6, 6.07) is 8.32. The highest BCUT2D eigenvalue weighted by Crippen LogP contribution is 2.20. The zero-order valence-electron chi connectivity index (χ0n) is 11.1. The Bertz CT molecular complexity index is 502. The van der Waals surface area contributed by atoms with E-state index in [0.717, 1.165) is 24.6 Å². The summed E-state index contributed by atoms with van der Waals surface area (Å²) in [6.45, 7) is 2.57. The first kappa shape index (κ1) is 13.5. The van der Waals surface area contributed by atoms with Gasteiger partial charge in [-0.3, -0.25) is 9.69 Å².